The Labute approximate surface area is 115 Å². The topological polar surface area (TPSA) is 0 Å². The Kier molecular flexibility index (Phi) is 1.88. The third-order valence-corrected chi connectivity index (χ3v) is 7.09. The van der Waals surface area contributed by atoms with Crippen molar-refractivity contribution in [1.29, 1.82) is 0 Å². The van der Waals surface area contributed by atoms with Gasteiger partial charge in [-0.05, 0) is 65.7 Å². The van der Waals surface area contributed by atoms with Crippen LogP contribution in [0, 0.1) is 35.5 Å². The maximum absolute atomic E-state index is 2.55. The monoisotopic (exact) mass is 250 g/mol. The first-order valence-corrected chi connectivity index (χ1v) is 8.01. The predicted octanol–water partition coefficient (Wildman–Crippen LogP) is 4.42. The van der Waals surface area contributed by atoms with Gasteiger partial charge < -0.3 is 0 Å². The largest absolute Gasteiger partial charge is 0.0848 e. The number of benzene rings is 1. The summed E-state index contributed by atoms with van der Waals surface area (Å²) in [4.78, 5) is 0. The third kappa shape index (κ3) is 1.17. The minimum atomic E-state index is 0.464. The van der Waals surface area contributed by atoms with Gasteiger partial charge in [-0.2, -0.15) is 0 Å². The molecule has 0 spiro atoms. The van der Waals surface area contributed by atoms with E-state index in [-0.39, 0.29) is 0 Å². The zero-order valence-electron chi connectivity index (χ0n) is 11.6. The van der Waals surface area contributed by atoms with Crippen LogP contribution in [-0.4, -0.2) is 0 Å². The summed E-state index contributed by atoms with van der Waals surface area (Å²) in [6.45, 7) is 2.55. The first-order chi connectivity index (χ1) is 9.27. The van der Waals surface area contributed by atoms with Crippen LogP contribution in [0.2, 0.25) is 0 Å². The lowest BCUT2D eigenvalue weighted by Gasteiger charge is -2.44. The molecule has 5 rings (SSSR count). The van der Waals surface area contributed by atoms with Crippen LogP contribution in [0.4, 0.5) is 0 Å². The van der Waals surface area contributed by atoms with Crippen molar-refractivity contribution < 1.29 is 0 Å². The molecule has 0 aliphatic heterocycles. The Morgan fingerprint density at radius 1 is 0.947 bits per heavy atom. The molecule has 4 aliphatic rings. The summed E-state index contributed by atoms with van der Waals surface area (Å²) in [6, 6.07) is 11.4. The highest BCUT2D eigenvalue weighted by atomic mass is 14.7. The zero-order chi connectivity index (χ0) is 12.6. The molecule has 3 fully saturated rings. The van der Waals surface area contributed by atoms with Crippen LogP contribution in [0.5, 0.6) is 0 Å². The number of rotatable bonds is 1. The smallest absolute Gasteiger partial charge is 0.00412 e. The fraction of sp³-hybridized carbons (Fsp3) is 0.579. The van der Waals surface area contributed by atoms with Gasteiger partial charge in [0.05, 0.1) is 0 Å². The minimum absolute atomic E-state index is 0.464. The predicted molar refractivity (Wildman–Crippen MR) is 77.7 cm³/mol. The molecule has 1 aromatic carbocycles. The van der Waals surface area contributed by atoms with Crippen molar-refractivity contribution in [3.8, 4) is 0 Å². The fourth-order valence-electron chi connectivity index (χ4n) is 6.52. The van der Waals surface area contributed by atoms with E-state index in [1.54, 1.807) is 5.56 Å². The van der Waals surface area contributed by atoms with Crippen LogP contribution in [0.25, 0.3) is 0 Å². The van der Waals surface area contributed by atoms with E-state index in [0.717, 1.165) is 35.5 Å². The summed E-state index contributed by atoms with van der Waals surface area (Å²) in [7, 11) is 0. The van der Waals surface area contributed by atoms with Crippen LogP contribution < -0.4 is 0 Å². The van der Waals surface area contributed by atoms with Crippen molar-refractivity contribution in [2.75, 3.05) is 0 Å². The van der Waals surface area contributed by atoms with Crippen molar-refractivity contribution >= 4 is 0 Å². The maximum atomic E-state index is 2.55. The van der Waals surface area contributed by atoms with E-state index in [4.69, 9.17) is 0 Å². The Balaban J connectivity index is 1.58. The van der Waals surface area contributed by atoms with E-state index in [2.05, 4.69) is 49.4 Å². The van der Waals surface area contributed by atoms with Crippen molar-refractivity contribution in [2.45, 2.75) is 31.6 Å². The van der Waals surface area contributed by atoms with E-state index in [0.29, 0.717) is 5.41 Å². The molecule has 7 atom stereocenters. The summed E-state index contributed by atoms with van der Waals surface area (Å²) in [6.07, 6.45) is 9.53. The van der Waals surface area contributed by atoms with Gasteiger partial charge in [-0.3, -0.25) is 0 Å². The lowest BCUT2D eigenvalue weighted by Crippen LogP contribution is -2.40. The molecular formula is C19H22. The van der Waals surface area contributed by atoms with Crippen LogP contribution >= 0.6 is 0 Å². The SMILES string of the molecule is CC1(c2ccccc2)CC2CC1C1C3C=CC(C3)C21. The van der Waals surface area contributed by atoms with E-state index >= 15 is 0 Å². The van der Waals surface area contributed by atoms with Gasteiger partial charge in [-0.1, -0.05) is 49.4 Å². The number of hydrogen-bond donors (Lipinski definition) is 0. The van der Waals surface area contributed by atoms with Gasteiger partial charge >= 0.3 is 0 Å². The summed E-state index contributed by atoms with van der Waals surface area (Å²) in [5, 5.41) is 0. The molecule has 1 aromatic rings. The zero-order valence-corrected chi connectivity index (χ0v) is 11.6. The Hall–Kier alpha value is -1.04. The first-order valence-electron chi connectivity index (χ1n) is 8.01. The molecule has 4 bridgehead atoms. The number of fused-ring (bicyclic) bond motifs is 9. The van der Waals surface area contributed by atoms with Gasteiger partial charge in [0, 0.05) is 0 Å². The Morgan fingerprint density at radius 3 is 2.47 bits per heavy atom. The van der Waals surface area contributed by atoms with Crippen molar-refractivity contribution in [3.05, 3.63) is 48.0 Å². The van der Waals surface area contributed by atoms with Gasteiger partial charge in [0.25, 0.3) is 0 Å². The lowest BCUT2D eigenvalue weighted by atomic mass is 9.60. The summed E-state index contributed by atoms with van der Waals surface area (Å²) < 4.78 is 0. The molecule has 7 unspecified atom stereocenters. The number of hydrogen-bond acceptors (Lipinski definition) is 0. The second-order valence-electron chi connectivity index (χ2n) is 7.69. The van der Waals surface area contributed by atoms with Crippen molar-refractivity contribution in [2.24, 2.45) is 35.5 Å². The van der Waals surface area contributed by atoms with Crippen LogP contribution in [0.1, 0.15) is 31.7 Å². The minimum Gasteiger partial charge on any atom is -0.0848 e. The molecule has 0 nitrogen and oxygen atoms in total. The molecule has 0 N–H and O–H groups in total. The van der Waals surface area contributed by atoms with Gasteiger partial charge in [-0.15, -0.1) is 0 Å². The van der Waals surface area contributed by atoms with Gasteiger partial charge in [-0.25, -0.2) is 0 Å². The highest BCUT2D eigenvalue weighted by Gasteiger charge is 2.64. The summed E-state index contributed by atoms with van der Waals surface area (Å²) in [5.74, 6) is 5.90. The van der Waals surface area contributed by atoms with E-state index in [9.17, 15) is 0 Å². The second kappa shape index (κ2) is 3.34. The normalized spacial score (nSPS) is 52.9. The summed E-state index contributed by atoms with van der Waals surface area (Å²) in [5.41, 5.74) is 2.07. The molecule has 19 heavy (non-hydrogen) atoms. The van der Waals surface area contributed by atoms with Gasteiger partial charge in [0.2, 0.25) is 0 Å². The van der Waals surface area contributed by atoms with Gasteiger partial charge in [0.15, 0.2) is 0 Å². The average molecular weight is 250 g/mol. The highest BCUT2D eigenvalue weighted by molar-refractivity contribution is 5.33. The molecular weight excluding hydrogens is 228 g/mol. The van der Waals surface area contributed by atoms with Gasteiger partial charge in [0.1, 0.15) is 0 Å². The number of allylic oxidation sites excluding steroid dienone is 2. The molecule has 0 radical (unpaired) electrons. The standard InChI is InChI=1S/C19H22/c1-19(15-5-3-2-4-6-15)11-14-10-16(19)18-13-8-7-12(9-13)17(14)18/h2-8,12-14,16-18H,9-11H2,1H3. The van der Waals surface area contributed by atoms with E-state index in [1.807, 2.05) is 0 Å². The van der Waals surface area contributed by atoms with Crippen LogP contribution in [0.15, 0.2) is 42.5 Å². The molecule has 0 heteroatoms. The van der Waals surface area contributed by atoms with E-state index < -0.39 is 0 Å². The van der Waals surface area contributed by atoms with Crippen LogP contribution in [-0.2, 0) is 5.41 Å². The maximum Gasteiger partial charge on any atom is -0.00412 e. The lowest BCUT2D eigenvalue weighted by molar-refractivity contribution is 0.131. The van der Waals surface area contributed by atoms with Crippen molar-refractivity contribution in [1.82, 2.24) is 0 Å². The Morgan fingerprint density at radius 2 is 1.68 bits per heavy atom. The second-order valence-corrected chi connectivity index (χ2v) is 7.69. The third-order valence-electron chi connectivity index (χ3n) is 7.09. The molecule has 0 aromatic heterocycles. The van der Waals surface area contributed by atoms with Crippen LogP contribution in [0.3, 0.4) is 0 Å². The fourth-order valence-corrected chi connectivity index (χ4v) is 6.52. The molecule has 0 heterocycles. The molecule has 0 saturated heterocycles. The average Bonchev–Trinajstić information content (AvgIpc) is 3.17. The molecule has 4 aliphatic carbocycles. The van der Waals surface area contributed by atoms with E-state index in [1.165, 1.54) is 19.3 Å². The molecule has 0 amide bonds. The summed E-state index contributed by atoms with van der Waals surface area (Å²) >= 11 is 0. The quantitative estimate of drug-likeness (QED) is 0.511. The van der Waals surface area contributed by atoms with Crippen molar-refractivity contribution in [3.63, 3.8) is 0 Å². The first kappa shape index (κ1) is 10.7. The highest BCUT2D eigenvalue weighted by Crippen LogP contribution is 2.70. The molecule has 3 saturated carbocycles. The Bertz CT molecular complexity index is 542. The molecule has 98 valence electrons.